The van der Waals surface area contributed by atoms with Crippen LogP contribution in [0.15, 0.2) is 168 Å². The Morgan fingerprint density at radius 2 is 1.61 bits per heavy atom. The largest absolute Gasteiger partial charge is 0.405 e. The predicted octanol–water partition coefficient (Wildman–Crippen LogP) is 13.9. The molecule has 0 aromatic heterocycles. The van der Waals surface area contributed by atoms with E-state index in [0.717, 1.165) is 17.8 Å². The summed E-state index contributed by atoms with van der Waals surface area (Å²) >= 11 is 0. The van der Waals surface area contributed by atoms with E-state index < -0.39 is 0 Å². The third kappa shape index (κ3) is 6.17. The Labute approximate surface area is 378 Å². The van der Waals surface area contributed by atoms with Crippen molar-refractivity contribution in [2.24, 2.45) is 21.1 Å². The summed E-state index contributed by atoms with van der Waals surface area (Å²) in [7, 11) is 0. The first kappa shape index (κ1) is 40.0. The van der Waals surface area contributed by atoms with Gasteiger partial charge in [-0.3, -0.25) is 9.98 Å². The average molecular weight is 833 g/mol. The van der Waals surface area contributed by atoms with Gasteiger partial charge in [-0.05, 0) is 120 Å². The zero-order chi connectivity index (χ0) is 44.0. The molecule has 6 aromatic carbocycles. The van der Waals surface area contributed by atoms with Crippen LogP contribution in [0.5, 0.6) is 0 Å². The number of nitrogens with one attached hydrogen (secondary N) is 1. The predicted molar refractivity (Wildman–Crippen MR) is 270 cm³/mol. The fourth-order valence-corrected chi connectivity index (χ4v) is 11.7. The molecule has 4 nitrogen and oxygen atoms in total. The van der Waals surface area contributed by atoms with Crippen molar-refractivity contribution in [1.29, 1.82) is 0 Å². The molecule has 4 heteroatoms. The summed E-state index contributed by atoms with van der Waals surface area (Å²) in [5, 5.41) is 6.25. The Kier molecular flexibility index (Phi) is 9.33. The monoisotopic (exact) mass is 832 g/mol. The number of rotatable bonds is 7. The molecule has 0 saturated carbocycles. The SMILES string of the molecule is CC1CC=Cc2cccc(C(/C=C\N)=NCc3ccc4c(c3)C(C)(C)C3(C)C=C(c5ccc6c(c5)C(C)(C)c5cc(C7N=CC=C(c8cccc9ccccc89)N7)ccc5-6)C=CC43)c21. The molecule has 0 saturated heterocycles. The van der Waals surface area contributed by atoms with Gasteiger partial charge in [0.15, 0.2) is 0 Å². The summed E-state index contributed by atoms with van der Waals surface area (Å²) in [5.74, 6) is 0.728. The molecular weight excluding hydrogens is 777 g/mol. The number of aliphatic imine (C=N–C) groups is 2. The van der Waals surface area contributed by atoms with Crippen LogP contribution < -0.4 is 11.1 Å². The van der Waals surface area contributed by atoms with Crippen molar-refractivity contribution < 1.29 is 0 Å². The van der Waals surface area contributed by atoms with Crippen molar-refractivity contribution in [3.8, 4) is 11.1 Å². The van der Waals surface area contributed by atoms with E-state index in [1.807, 2.05) is 12.3 Å². The summed E-state index contributed by atoms with van der Waals surface area (Å²) < 4.78 is 0. The van der Waals surface area contributed by atoms with E-state index in [2.05, 4.69) is 199 Å². The van der Waals surface area contributed by atoms with Gasteiger partial charge in [-0.2, -0.15) is 0 Å². The summed E-state index contributed by atoms with van der Waals surface area (Å²) in [4.78, 5) is 10.2. The fraction of sp³-hybridized carbons (Fsp3) is 0.233. The van der Waals surface area contributed by atoms with E-state index in [1.54, 1.807) is 6.20 Å². The number of nitrogens with two attached hydrogens (primary N) is 1. The lowest BCUT2D eigenvalue weighted by atomic mass is 9.61. The van der Waals surface area contributed by atoms with Gasteiger partial charge in [-0.15, -0.1) is 0 Å². The number of nitrogens with zero attached hydrogens (tertiary/aromatic N) is 2. The van der Waals surface area contributed by atoms with Gasteiger partial charge in [0.05, 0.1) is 12.3 Å². The Bertz CT molecular complexity index is 3140. The lowest BCUT2D eigenvalue weighted by Gasteiger charge is -2.42. The number of hydrogen-bond acceptors (Lipinski definition) is 4. The van der Waals surface area contributed by atoms with E-state index in [0.29, 0.717) is 18.4 Å². The van der Waals surface area contributed by atoms with Gasteiger partial charge >= 0.3 is 0 Å². The Morgan fingerprint density at radius 1 is 0.812 bits per heavy atom. The second-order valence-electron chi connectivity index (χ2n) is 19.8. The summed E-state index contributed by atoms with van der Waals surface area (Å²) in [6, 6.07) is 42.8. The van der Waals surface area contributed by atoms with Gasteiger partial charge in [0, 0.05) is 39.8 Å². The zero-order valence-electron chi connectivity index (χ0n) is 37.8. The molecule has 1 heterocycles. The van der Waals surface area contributed by atoms with Crippen LogP contribution in [0, 0.1) is 5.41 Å². The van der Waals surface area contributed by atoms with Gasteiger partial charge in [-0.1, -0.05) is 181 Å². The molecule has 0 spiro atoms. The van der Waals surface area contributed by atoms with Gasteiger partial charge in [-0.25, -0.2) is 0 Å². The average Bonchev–Trinajstić information content (AvgIpc) is 3.64. The van der Waals surface area contributed by atoms with Crippen molar-refractivity contribution >= 4 is 40.0 Å². The standard InChI is InChI=1S/C60H56N4/c1-37-12-9-15-40-16-11-19-49(56(37)40)54(28-30-61)63-36-38-20-24-48-50-27-23-43(35-60(50,6)59(4,5)53(48)32-38)41-21-25-45-46-26-22-42(34-52(46)58(2,3)51(45)33-41)57-62-31-29-55(64-57)47-18-10-14-39-13-7-8-17-44(39)47/h7-11,13-35,37,50,57,64H,12,36,61H2,1-6H3/b30-28-,63-54?. The number of fused-ring (bicyclic) bond motifs is 8. The van der Waals surface area contributed by atoms with Crippen molar-refractivity contribution in [3.63, 3.8) is 0 Å². The van der Waals surface area contributed by atoms with Gasteiger partial charge in [0.25, 0.3) is 0 Å². The van der Waals surface area contributed by atoms with Crippen LogP contribution in [-0.2, 0) is 17.4 Å². The minimum Gasteiger partial charge on any atom is -0.405 e. The van der Waals surface area contributed by atoms with Crippen LogP contribution in [0.2, 0.25) is 0 Å². The summed E-state index contributed by atoms with van der Waals surface area (Å²) in [5.41, 5.74) is 25.8. The van der Waals surface area contributed by atoms with E-state index in [1.165, 1.54) is 88.7 Å². The zero-order valence-corrected chi connectivity index (χ0v) is 37.8. The van der Waals surface area contributed by atoms with Crippen molar-refractivity contribution in [1.82, 2.24) is 5.32 Å². The molecule has 0 fully saturated rings. The van der Waals surface area contributed by atoms with E-state index in [-0.39, 0.29) is 22.4 Å². The Balaban J connectivity index is 0.860. The lowest BCUT2D eigenvalue weighted by molar-refractivity contribution is 0.246. The maximum absolute atomic E-state index is 6.02. The third-order valence-corrected chi connectivity index (χ3v) is 15.6. The molecule has 4 atom stereocenters. The van der Waals surface area contributed by atoms with Crippen molar-refractivity contribution in [2.75, 3.05) is 0 Å². The van der Waals surface area contributed by atoms with Crippen molar-refractivity contribution in [3.05, 3.63) is 219 Å². The molecule has 6 aromatic rings. The van der Waals surface area contributed by atoms with E-state index >= 15 is 0 Å². The number of hydrogen-bond donors (Lipinski definition) is 2. The minimum atomic E-state index is -0.175. The molecule has 0 amide bonds. The highest BCUT2D eigenvalue weighted by atomic mass is 15.1. The molecule has 5 aliphatic rings. The Hall–Kier alpha value is -6.78. The second-order valence-corrected chi connectivity index (χ2v) is 19.8. The first-order chi connectivity index (χ1) is 31.0. The molecule has 64 heavy (non-hydrogen) atoms. The van der Waals surface area contributed by atoms with Crippen LogP contribution in [0.1, 0.15) is 127 Å². The molecule has 316 valence electrons. The van der Waals surface area contributed by atoms with Crippen LogP contribution in [0.3, 0.4) is 0 Å². The quantitative estimate of drug-likeness (QED) is 0.157. The molecule has 1 aliphatic heterocycles. The Morgan fingerprint density at radius 3 is 2.47 bits per heavy atom. The fourth-order valence-electron chi connectivity index (χ4n) is 11.7. The van der Waals surface area contributed by atoms with Gasteiger partial charge in [0.1, 0.15) is 6.17 Å². The third-order valence-electron chi connectivity index (χ3n) is 15.6. The van der Waals surface area contributed by atoms with E-state index in [4.69, 9.17) is 15.7 Å². The van der Waals surface area contributed by atoms with Crippen molar-refractivity contribution in [2.45, 2.75) is 83.3 Å². The minimum absolute atomic E-state index is 0.107. The first-order valence-corrected chi connectivity index (χ1v) is 23.0. The molecule has 4 unspecified atom stereocenters. The number of benzene rings is 6. The maximum Gasteiger partial charge on any atom is 0.144 e. The molecule has 0 radical (unpaired) electrons. The molecule has 11 rings (SSSR count). The summed E-state index contributed by atoms with van der Waals surface area (Å²) in [6.45, 7) is 15.0. The normalized spacial score (nSPS) is 23.2. The molecular formula is C60H56N4. The first-order valence-electron chi connectivity index (χ1n) is 23.0. The van der Waals surface area contributed by atoms with Gasteiger partial charge < -0.3 is 11.1 Å². The smallest absolute Gasteiger partial charge is 0.144 e. The van der Waals surface area contributed by atoms with Gasteiger partial charge in [0.2, 0.25) is 0 Å². The molecule has 3 N–H and O–H groups in total. The van der Waals surface area contributed by atoms with Crippen LogP contribution >= 0.6 is 0 Å². The highest BCUT2D eigenvalue weighted by molar-refractivity contribution is 6.10. The highest BCUT2D eigenvalue weighted by Crippen LogP contribution is 2.62. The van der Waals surface area contributed by atoms with Crippen LogP contribution in [0.25, 0.3) is 39.2 Å². The second kappa shape index (κ2) is 14.9. The highest BCUT2D eigenvalue weighted by Gasteiger charge is 2.54. The summed E-state index contributed by atoms with van der Waals surface area (Å²) in [6.07, 6.45) is 20.4. The lowest BCUT2D eigenvalue weighted by Crippen LogP contribution is -2.36. The van der Waals surface area contributed by atoms with E-state index in [9.17, 15) is 0 Å². The number of allylic oxidation sites excluding steroid dienone is 7. The van der Waals surface area contributed by atoms with Crippen LogP contribution in [0.4, 0.5) is 0 Å². The maximum atomic E-state index is 6.02. The molecule has 4 aliphatic carbocycles. The van der Waals surface area contributed by atoms with Crippen LogP contribution in [-0.4, -0.2) is 11.9 Å². The molecule has 0 bridgehead atoms. The topological polar surface area (TPSA) is 62.8 Å².